The molecule has 108 valence electrons. The molecule has 1 aromatic carbocycles. The van der Waals surface area contributed by atoms with Crippen LogP contribution >= 0.6 is 11.3 Å². The van der Waals surface area contributed by atoms with E-state index in [1.165, 1.54) is 5.56 Å². The minimum absolute atomic E-state index is 0.0422. The largest absolute Gasteiger partial charge is 0.496 e. The Morgan fingerprint density at radius 2 is 2.05 bits per heavy atom. The standard InChI is InChI=1S/C17H17NO2S/c1-4-11-5-6-15(20-3)13(9-11)14-10-18(2)17(19)12-7-8-21-16(12)14/h5-10H,4H2,1-3H3. The summed E-state index contributed by atoms with van der Waals surface area (Å²) < 4.78 is 8.17. The number of methoxy groups -OCH3 is 1. The van der Waals surface area contributed by atoms with Crippen LogP contribution in [0.15, 0.2) is 40.6 Å². The molecule has 0 aliphatic carbocycles. The summed E-state index contributed by atoms with van der Waals surface area (Å²) in [6.45, 7) is 2.13. The molecule has 0 N–H and O–H groups in total. The molecule has 0 aliphatic rings. The third-order valence-corrected chi connectivity index (χ3v) is 4.69. The van der Waals surface area contributed by atoms with Gasteiger partial charge in [0.1, 0.15) is 5.75 Å². The molecule has 0 saturated heterocycles. The van der Waals surface area contributed by atoms with Gasteiger partial charge in [-0.2, -0.15) is 0 Å². The number of hydrogen-bond acceptors (Lipinski definition) is 3. The van der Waals surface area contributed by atoms with Crippen LogP contribution in [-0.2, 0) is 13.5 Å². The van der Waals surface area contributed by atoms with Crippen molar-refractivity contribution in [3.05, 3.63) is 51.8 Å². The van der Waals surface area contributed by atoms with Gasteiger partial charge in [0.25, 0.3) is 5.56 Å². The van der Waals surface area contributed by atoms with Gasteiger partial charge in [0, 0.05) is 29.1 Å². The van der Waals surface area contributed by atoms with Gasteiger partial charge in [-0.1, -0.05) is 13.0 Å². The smallest absolute Gasteiger partial charge is 0.259 e. The number of thiophene rings is 1. The first kappa shape index (κ1) is 13.9. The van der Waals surface area contributed by atoms with Crippen molar-refractivity contribution in [3.8, 4) is 16.9 Å². The van der Waals surface area contributed by atoms with Gasteiger partial charge in [-0.15, -0.1) is 11.3 Å². The van der Waals surface area contributed by atoms with Crippen LogP contribution in [-0.4, -0.2) is 11.7 Å². The summed E-state index contributed by atoms with van der Waals surface area (Å²) in [6, 6.07) is 8.12. The van der Waals surface area contributed by atoms with Crippen LogP contribution in [0.1, 0.15) is 12.5 Å². The van der Waals surface area contributed by atoms with E-state index < -0.39 is 0 Å². The molecule has 3 nitrogen and oxygen atoms in total. The highest BCUT2D eigenvalue weighted by Crippen LogP contribution is 2.36. The highest BCUT2D eigenvalue weighted by Gasteiger charge is 2.14. The molecule has 0 spiro atoms. The van der Waals surface area contributed by atoms with Gasteiger partial charge >= 0.3 is 0 Å². The Labute approximate surface area is 127 Å². The number of nitrogens with zero attached hydrogens (tertiary/aromatic N) is 1. The Morgan fingerprint density at radius 1 is 1.24 bits per heavy atom. The van der Waals surface area contributed by atoms with Crippen LogP contribution in [0.5, 0.6) is 5.75 Å². The Balaban J connectivity index is 2.37. The average Bonchev–Trinajstić information content (AvgIpc) is 3.00. The Kier molecular flexibility index (Phi) is 3.55. The fraction of sp³-hybridized carbons (Fsp3) is 0.235. The lowest BCUT2D eigenvalue weighted by Crippen LogP contribution is -2.15. The minimum Gasteiger partial charge on any atom is -0.496 e. The van der Waals surface area contributed by atoms with E-state index in [1.807, 2.05) is 23.7 Å². The number of benzene rings is 1. The van der Waals surface area contributed by atoms with Gasteiger partial charge in [0.2, 0.25) is 0 Å². The average molecular weight is 299 g/mol. The van der Waals surface area contributed by atoms with E-state index in [0.29, 0.717) is 0 Å². The summed E-state index contributed by atoms with van der Waals surface area (Å²) in [7, 11) is 3.47. The summed E-state index contributed by atoms with van der Waals surface area (Å²) in [5.74, 6) is 0.834. The first-order valence-corrected chi connectivity index (χ1v) is 7.77. The second-order valence-corrected chi connectivity index (χ2v) is 5.93. The summed E-state index contributed by atoms with van der Waals surface area (Å²) in [6.07, 6.45) is 2.87. The van der Waals surface area contributed by atoms with Crippen molar-refractivity contribution in [2.24, 2.45) is 7.05 Å². The predicted octanol–water partition coefficient (Wildman–Crippen LogP) is 3.84. The van der Waals surface area contributed by atoms with Gasteiger partial charge in [0.05, 0.1) is 12.5 Å². The fourth-order valence-corrected chi connectivity index (χ4v) is 3.48. The van der Waals surface area contributed by atoms with Crippen molar-refractivity contribution < 1.29 is 4.74 Å². The second-order valence-electron chi connectivity index (χ2n) is 5.01. The SMILES string of the molecule is CCc1ccc(OC)c(-c2cn(C)c(=O)c3ccsc23)c1. The molecule has 0 saturated carbocycles. The molecule has 3 aromatic rings. The highest BCUT2D eigenvalue weighted by molar-refractivity contribution is 7.17. The van der Waals surface area contributed by atoms with Crippen LogP contribution in [0.3, 0.4) is 0 Å². The molecule has 0 unspecified atom stereocenters. The van der Waals surface area contributed by atoms with E-state index in [0.717, 1.165) is 33.4 Å². The highest BCUT2D eigenvalue weighted by atomic mass is 32.1. The zero-order valence-electron chi connectivity index (χ0n) is 12.3. The van der Waals surface area contributed by atoms with Gasteiger partial charge in [-0.3, -0.25) is 4.79 Å². The van der Waals surface area contributed by atoms with Gasteiger partial charge in [-0.25, -0.2) is 0 Å². The number of aryl methyl sites for hydroxylation is 2. The van der Waals surface area contributed by atoms with Crippen molar-refractivity contribution in [2.75, 3.05) is 7.11 Å². The zero-order chi connectivity index (χ0) is 15.0. The number of fused-ring (bicyclic) bond motifs is 1. The summed E-state index contributed by atoms with van der Waals surface area (Å²) in [5, 5.41) is 2.73. The molecule has 3 rings (SSSR count). The van der Waals surface area contributed by atoms with Crippen LogP contribution in [0.2, 0.25) is 0 Å². The van der Waals surface area contributed by atoms with Gasteiger partial charge in [0.15, 0.2) is 0 Å². The topological polar surface area (TPSA) is 31.2 Å². The molecule has 0 amide bonds. The normalized spacial score (nSPS) is 11.0. The molecule has 2 aromatic heterocycles. The maximum absolute atomic E-state index is 12.2. The molecular weight excluding hydrogens is 282 g/mol. The second kappa shape index (κ2) is 5.37. The molecule has 0 fully saturated rings. The lowest BCUT2D eigenvalue weighted by Gasteiger charge is -2.12. The zero-order valence-corrected chi connectivity index (χ0v) is 13.2. The van der Waals surface area contributed by atoms with Crippen molar-refractivity contribution in [3.63, 3.8) is 0 Å². The van der Waals surface area contributed by atoms with Crippen molar-refractivity contribution in [2.45, 2.75) is 13.3 Å². The fourth-order valence-electron chi connectivity index (χ4n) is 2.56. The number of hydrogen-bond donors (Lipinski definition) is 0. The molecule has 0 atom stereocenters. The Morgan fingerprint density at radius 3 is 2.76 bits per heavy atom. The Bertz CT molecular complexity index is 861. The molecule has 0 aliphatic heterocycles. The molecule has 21 heavy (non-hydrogen) atoms. The first-order valence-electron chi connectivity index (χ1n) is 6.89. The number of pyridine rings is 1. The van der Waals surface area contributed by atoms with E-state index in [-0.39, 0.29) is 5.56 Å². The molecular formula is C17H17NO2S. The summed E-state index contributed by atoms with van der Waals surface area (Å²) in [4.78, 5) is 12.2. The maximum atomic E-state index is 12.2. The summed E-state index contributed by atoms with van der Waals surface area (Å²) >= 11 is 1.60. The monoisotopic (exact) mass is 299 g/mol. The van der Waals surface area contributed by atoms with E-state index >= 15 is 0 Å². The minimum atomic E-state index is 0.0422. The molecule has 0 radical (unpaired) electrons. The van der Waals surface area contributed by atoms with E-state index in [9.17, 15) is 4.79 Å². The lowest BCUT2D eigenvalue weighted by atomic mass is 10.0. The van der Waals surface area contributed by atoms with Crippen LogP contribution in [0, 0.1) is 0 Å². The van der Waals surface area contributed by atoms with E-state index in [4.69, 9.17) is 4.74 Å². The van der Waals surface area contributed by atoms with E-state index in [2.05, 4.69) is 19.1 Å². The number of ether oxygens (including phenoxy) is 1. The van der Waals surface area contributed by atoms with Crippen LogP contribution in [0.4, 0.5) is 0 Å². The van der Waals surface area contributed by atoms with Crippen LogP contribution < -0.4 is 10.3 Å². The maximum Gasteiger partial charge on any atom is 0.259 e. The lowest BCUT2D eigenvalue weighted by molar-refractivity contribution is 0.416. The third kappa shape index (κ3) is 2.25. The first-order chi connectivity index (χ1) is 10.2. The van der Waals surface area contributed by atoms with Crippen molar-refractivity contribution in [1.82, 2.24) is 4.57 Å². The molecule has 4 heteroatoms. The van der Waals surface area contributed by atoms with Gasteiger partial charge < -0.3 is 9.30 Å². The molecule has 2 heterocycles. The van der Waals surface area contributed by atoms with Crippen molar-refractivity contribution >= 4 is 21.4 Å². The van der Waals surface area contributed by atoms with Crippen LogP contribution in [0.25, 0.3) is 21.2 Å². The predicted molar refractivity (Wildman–Crippen MR) is 88.4 cm³/mol. The third-order valence-electron chi connectivity index (χ3n) is 3.75. The molecule has 0 bridgehead atoms. The number of aromatic nitrogens is 1. The number of rotatable bonds is 3. The van der Waals surface area contributed by atoms with Crippen molar-refractivity contribution in [1.29, 1.82) is 0 Å². The quantitative estimate of drug-likeness (QED) is 0.736. The summed E-state index contributed by atoms with van der Waals surface area (Å²) in [5.41, 5.74) is 3.39. The Hall–Kier alpha value is -2.07. The van der Waals surface area contributed by atoms with Gasteiger partial charge in [-0.05, 0) is 35.6 Å². The van der Waals surface area contributed by atoms with E-state index in [1.54, 1.807) is 30.1 Å².